The van der Waals surface area contributed by atoms with Crippen molar-refractivity contribution in [3.05, 3.63) is 69.2 Å². The normalized spacial score (nSPS) is 10.8. The lowest BCUT2D eigenvalue weighted by molar-refractivity contribution is -0.113. The summed E-state index contributed by atoms with van der Waals surface area (Å²) in [4.78, 5) is 27.5. The predicted octanol–water partition coefficient (Wildman–Crippen LogP) is 4.20. The fraction of sp³-hybridized carbons (Fsp3) is 0.158. The molecule has 0 aliphatic carbocycles. The van der Waals surface area contributed by atoms with Crippen molar-refractivity contribution in [2.24, 2.45) is 0 Å². The van der Waals surface area contributed by atoms with Crippen LogP contribution >= 0.6 is 23.4 Å². The van der Waals surface area contributed by atoms with Gasteiger partial charge < -0.3 is 15.0 Å². The highest BCUT2D eigenvalue weighted by Gasteiger charge is 2.09. The summed E-state index contributed by atoms with van der Waals surface area (Å²) in [7, 11) is 1.54. The Bertz CT molecular complexity index is 1050. The van der Waals surface area contributed by atoms with Gasteiger partial charge in [0.1, 0.15) is 11.6 Å². The minimum absolute atomic E-state index is 0.0526. The van der Waals surface area contributed by atoms with Crippen LogP contribution in [0.2, 0.25) is 5.02 Å². The molecule has 27 heavy (non-hydrogen) atoms. The number of anilines is 1. The number of rotatable bonds is 6. The SMILES string of the molecule is COc1cccc2c(=O)cc(CSCC(=O)Nc3ccc(F)c(Cl)c3)[nH]c12. The van der Waals surface area contributed by atoms with Crippen LogP contribution in [0.4, 0.5) is 10.1 Å². The number of thioether (sulfide) groups is 1. The highest BCUT2D eigenvalue weighted by atomic mass is 35.5. The van der Waals surface area contributed by atoms with Crippen molar-refractivity contribution in [3.63, 3.8) is 0 Å². The minimum Gasteiger partial charge on any atom is -0.495 e. The maximum atomic E-state index is 13.1. The van der Waals surface area contributed by atoms with Gasteiger partial charge in [-0.15, -0.1) is 11.8 Å². The van der Waals surface area contributed by atoms with Crippen LogP contribution in [0.1, 0.15) is 5.69 Å². The number of benzene rings is 2. The number of amides is 1. The number of halogens is 2. The molecule has 1 amide bonds. The molecule has 5 nitrogen and oxygen atoms in total. The first kappa shape index (κ1) is 19.3. The van der Waals surface area contributed by atoms with Crippen LogP contribution < -0.4 is 15.5 Å². The molecule has 1 heterocycles. The first-order valence-electron chi connectivity index (χ1n) is 7.99. The van der Waals surface area contributed by atoms with E-state index in [0.29, 0.717) is 33.8 Å². The van der Waals surface area contributed by atoms with E-state index in [1.54, 1.807) is 25.3 Å². The molecule has 0 unspecified atom stereocenters. The minimum atomic E-state index is -0.542. The van der Waals surface area contributed by atoms with E-state index in [1.807, 2.05) is 0 Å². The van der Waals surface area contributed by atoms with Gasteiger partial charge >= 0.3 is 0 Å². The van der Waals surface area contributed by atoms with Gasteiger partial charge in [0.25, 0.3) is 0 Å². The van der Waals surface area contributed by atoms with Crippen LogP contribution in [0, 0.1) is 5.82 Å². The summed E-state index contributed by atoms with van der Waals surface area (Å²) in [6.45, 7) is 0. The van der Waals surface area contributed by atoms with Gasteiger partial charge in [0.15, 0.2) is 5.43 Å². The molecule has 0 saturated heterocycles. The summed E-state index contributed by atoms with van der Waals surface area (Å²) in [6.07, 6.45) is 0. The van der Waals surface area contributed by atoms with Crippen molar-refractivity contribution in [2.75, 3.05) is 18.2 Å². The Morgan fingerprint density at radius 2 is 2.11 bits per heavy atom. The van der Waals surface area contributed by atoms with E-state index < -0.39 is 5.82 Å². The first-order valence-corrected chi connectivity index (χ1v) is 9.53. The largest absolute Gasteiger partial charge is 0.495 e. The average Bonchev–Trinajstić information content (AvgIpc) is 2.64. The number of ether oxygens (including phenoxy) is 1. The van der Waals surface area contributed by atoms with Crippen molar-refractivity contribution in [2.45, 2.75) is 5.75 Å². The van der Waals surface area contributed by atoms with Gasteiger partial charge in [-0.05, 0) is 30.3 Å². The standard InChI is InChI=1S/C19H16ClFN2O3S/c1-26-17-4-2-3-13-16(24)8-12(23-19(13)17)9-27-10-18(25)22-11-5-6-15(21)14(20)7-11/h2-8H,9-10H2,1H3,(H,22,25)(H,23,24). The molecule has 2 aromatic carbocycles. The topological polar surface area (TPSA) is 71.2 Å². The molecule has 8 heteroatoms. The van der Waals surface area contributed by atoms with E-state index >= 15 is 0 Å². The van der Waals surface area contributed by atoms with Crippen LogP contribution in [0.3, 0.4) is 0 Å². The molecule has 3 aromatic rings. The molecular weight excluding hydrogens is 391 g/mol. The van der Waals surface area contributed by atoms with Gasteiger partial charge in [-0.3, -0.25) is 9.59 Å². The van der Waals surface area contributed by atoms with Crippen LogP contribution in [0.25, 0.3) is 10.9 Å². The molecule has 2 N–H and O–H groups in total. The quantitative estimate of drug-likeness (QED) is 0.643. The number of fused-ring (bicyclic) bond motifs is 1. The zero-order valence-electron chi connectivity index (χ0n) is 14.3. The van der Waals surface area contributed by atoms with Gasteiger partial charge in [-0.25, -0.2) is 4.39 Å². The highest BCUT2D eigenvalue weighted by Crippen LogP contribution is 2.23. The summed E-state index contributed by atoms with van der Waals surface area (Å²) >= 11 is 7.04. The zero-order chi connectivity index (χ0) is 19.4. The Balaban J connectivity index is 1.64. The lowest BCUT2D eigenvalue weighted by Crippen LogP contribution is -2.14. The number of nitrogens with one attached hydrogen (secondary N) is 2. The molecule has 140 valence electrons. The molecule has 0 aliphatic rings. The Labute approximate surface area is 163 Å². The van der Waals surface area contributed by atoms with Crippen LogP contribution in [-0.2, 0) is 10.5 Å². The van der Waals surface area contributed by atoms with Gasteiger partial charge in [0, 0.05) is 28.6 Å². The van der Waals surface area contributed by atoms with E-state index in [0.717, 1.165) is 0 Å². The number of carbonyl (C=O) groups excluding carboxylic acids is 1. The highest BCUT2D eigenvalue weighted by molar-refractivity contribution is 7.99. The molecule has 0 spiro atoms. The summed E-state index contributed by atoms with van der Waals surface area (Å²) < 4.78 is 18.4. The second-order valence-electron chi connectivity index (χ2n) is 5.71. The third-order valence-electron chi connectivity index (χ3n) is 3.80. The first-order chi connectivity index (χ1) is 13.0. The van der Waals surface area contributed by atoms with Gasteiger partial charge in [0.05, 0.1) is 23.4 Å². The second kappa shape index (κ2) is 8.45. The van der Waals surface area contributed by atoms with Crippen molar-refractivity contribution < 1.29 is 13.9 Å². The number of carbonyl (C=O) groups is 1. The molecule has 0 bridgehead atoms. The number of hydrogen-bond donors (Lipinski definition) is 2. The number of para-hydroxylation sites is 1. The predicted molar refractivity (Wildman–Crippen MR) is 107 cm³/mol. The van der Waals surface area contributed by atoms with E-state index in [9.17, 15) is 14.0 Å². The third kappa shape index (κ3) is 4.61. The van der Waals surface area contributed by atoms with Gasteiger partial charge in [0.2, 0.25) is 5.91 Å². The number of aromatic nitrogens is 1. The smallest absolute Gasteiger partial charge is 0.234 e. The monoisotopic (exact) mass is 406 g/mol. The van der Waals surface area contributed by atoms with Gasteiger partial charge in [-0.1, -0.05) is 17.7 Å². The molecule has 0 radical (unpaired) electrons. The lowest BCUT2D eigenvalue weighted by Gasteiger charge is -2.08. The fourth-order valence-electron chi connectivity index (χ4n) is 2.57. The molecular formula is C19H16ClFN2O3S. The van der Waals surface area contributed by atoms with E-state index in [4.69, 9.17) is 16.3 Å². The third-order valence-corrected chi connectivity index (χ3v) is 5.07. The number of methoxy groups -OCH3 is 1. The van der Waals surface area contributed by atoms with E-state index in [2.05, 4.69) is 10.3 Å². The van der Waals surface area contributed by atoms with Crippen molar-refractivity contribution in [1.29, 1.82) is 0 Å². The zero-order valence-corrected chi connectivity index (χ0v) is 15.9. The van der Waals surface area contributed by atoms with Crippen molar-refractivity contribution >= 4 is 45.9 Å². The molecule has 3 rings (SSSR count). The lowest BCUT2D eigenvalue weighted by atomic mass is 10.2. The van der Waals surface area contributed by atoms with Crippen molar-refractivity contribution in [3.8, 4) is 5.75 Å². The summed E-state index contributed by atoms with van der Waals surface area (Å²) in [5, 5.41) is 3.15. The molecule has 0 atom stereocenters. The summed E-state index contributed by atoms with van der Waals surface area (Å²) in [5.74, 6) is 0.410. The number of pyridine rings is 1. The Kier molecular flexibility index (Phi) is 6.03. The second-order valence-corrected chi connectivity index (χ2v) is 7.10. The fourth-order valence-corrected chi connectivity index (χ4v) is 3.49. The van der Waals surface area contributed by atoms with Crippen LogP contribution in [-0.4, -0.2) is 23.8 Å². The Morgan fingerprint density at radius 3 is 2.85 bits per heavy atom. The Hall–Kier alpha value is -2.51. The molecule has 0 fully saturated rings. The number of hydrogen-bond acceptors (Lipinski definition) is 4. The molecule has 1 aromatic heterocycles. The van der Waals surface area contributed by atoms with Crippen molar-refractivity contribution in [1.82, 2.24) is 4.98 Å². The summed E-state index contributed by atoms with van der Waals surface area (Å²) in [6, 6.07) is 10.8. The average molecular weight is 407 g/mol. The molecule has 0 aliphatic heterocycles. The Morgan fingerprint density at radius 1 is 1.30 bits per heavy atom. The number of H-pyrrole nitrogens is 1. The summed E-state index contributed by atoms with van der Waals surface area (Å²) in [5.41, 5.74) is 1.65. The van der Waals surface area contributed by atoms with Crippen LogP contribution in [0.15, 0.2) is 47.3 Å². The van der Waals surface area contributed by atoms with Gasteiger partial charge in [-0.2, -0.15) is 0 Å². The molecule has 0 saturated carbocycles. The van der Waals surface area contributed by atoms with Crippen LogP contribution in [0.5, 0.6) is 5.75 Å². The van der Waals surface area contributed by atoms with E-state index in [1.165, 1.54) is 36.0 Å². The van der Waals surface area contributed by atoms with E-state index in [-0.39, 0.29) is 22.1 Å². The maximum Gasteiger partial charge on any atom is 0.234 e. The maximum absolute atomic E-state index is 13.1. The number of aromatic amines is 1.